The van der Waals surface area contributed by atoms with Gasteiger partial charge in [-0.2, -0.15) is 0 Å². The lowest BCUT2D eigenvalue weighted by molar-refractivity contribution is 0.417. The number of methoxy groups -OCH3 is 1. The Morgan fingerprint density at radius 2 is 1.68 bits per heavy atom. The van der Waals surface area contributed by atoms with Crippen LogP contribution >= 0.6 is 0 Å². The molecular weight excluding hydrogens is 400 g/mol. The van der Waals surface area contributed by atoms with E-state index in [-0.39, 0.29) is 22.3 Å². The van der Waals surface area contributed by atoms with Crippen molar-refractivity contribution >= 4 is 31.4 Å². The van der Waals surface area contributed by atoms with Gasteiger partial charge in [-0.3, -0.25) is 9.44 Å². The summed E-state index contributed by atoms with van der Waals surface area (Å²) < 4.78 is 60.3. The van der Waals surface area contributed by atoms with Crippen LogP contribution in [-0.4, -0.2) is 29.7 Å². The van der Waals surface area contributed by atoms with Gasteiger partial charge in [0.25, 0.3) is 10.0 Å². The molecule has 0 aliphatic heterocycles. The molecule has 2 N–H and O–H groups in total. The fourth-order valence-electron chi connectivity index (χ4n) is 2.50. The van der Waals surface area contributed by atoms with Gasteiger partial charge < -0.3 is 4.74 Å². The number of aryl methyl sites for hydroxylation is 1. The van der Waals surface area contributed by atoms with Gasteiger partial charge in [-0.05, 0) is 49.1 Å². The van der Waals surface area contributed by atoms with Crippen molar-refractivity contribution in [3.05, 3.63) is 48.0 Å². The topological polar surface area (TPSA) is 102 Å². The molecule has 0 aliphatic carbocycles. The van der Waals surface area contributed by atoms with E-state index in [0.717, 1.165) is 0 Å². The predicted molar refractivity (Wildman–Crippen MR) is 112 cm³/mol. The van der Waals surface area contributed by atoms with Crippen LogP contribution in [0.4, 0.5) is 11.4 Å². The molecule has 0 heterocycles. The molecule has 28 heavy (non-hydrogen) atoms. The van der Waals surface area contributed by atoms with Gasteiger partial charge in [0.15, 0.2) is 0 Å². The van der Waals surface area contributed by atoms with Gasteiger partial charge >= 0.3 is 0 Å². The zero-order valence-electron chi connectivity index (χ0n) is 16.4. The molecule has 0 saturated carbocycles. The van der Waals surface area contributed by atoms with Crippen LogP contribution in [0.3, 0.4) is 0 Å². The van der Waals surface area contributed by atoms with Crippen LogP contribution in [-0.2, 0) is 20.0 Å². The fourth-order valence-corrected chi connectivity index (χ4v) is 5.22. The molecule has 0 spiro atoms. The second-order valence-corrected chi connectivity index (χ2v) is 10.4. The summed E-state index contributed by atoms with van der Waals surface area (Å²) in [6.45, 7) is 5.53. The first-order valence-electron chi connectivity index (χ1n) is 8.81. The maximum Gasteiger partial charge on any atom is 0.262 e. The first-order chi connectivity index (χ1) is 13.0. The number of benzene rings is 2. The number of rotatable bonds is 9. The first kappa shape index (κ1) is 22.0. The third kappa shape index (κ3) is 5.87. The minimum atomic E-state index is -3.95. The molecule has 0 atom stereocenters. The van der Waals surface area contributed by atoms with Gasteiger partial charge in [-0.25, -0.2) is 16.8 Å². The molecule has 0 aliphatic rings. The van der Waals surface area contributed by atoms with Crippen LogP contribution in [0.2, 0.25) is 0 Å². The van der Waals surface area contributed by atoms with Crippen molar-refractivity contribution in [2.75, 3.05) is 22.3 Å². The second kappa shape index (κ2) is 8.83. The Kier molecular flexibility index (Phi) is 6.95. The third-order valence-corrected chi connectivity index (χ3v) is 6.89. The Morgan fingerprint density at radius 1 is 1.00 bits per heavy atom. The molecule has 0 bridgehead atoms. The van der Waals surface area contributed by atoms with E-state index in [1.807, 2.05) is 13.8 Å². The molecular formula is C19H26N2O5S2. The van der Waals surface area contributed by atoms with E-state index in [2.05, 4.69) is 9.44 Å². The van der Waals surface area contributed by atoms with E-state index in [9.17, 15) is 16.8 Å². The summed E-state index contributed by atoms with van der Waals surface area (Å²) in [5, 5.41) is 0. The third-order valence-electron chi connectivity index (χ3n) is 4.07. The maximum absolute atomic E-state index is 12.9. The average molecular weight is 427 g/mol. The van der Waals surface area contributed by atoms with Crippen molar-refractivity contribution in [2.24, 2.45) is 5.92 Å². The summed E-state index contributed by atoms with van der Waals surface area (Å²) in [7, 11) is -6.06. The molecule has 0 radical (unpaired) electrons. The molecule has 9 heteroatoms. The zero-order chi connectivity index (χ0) is 20.9. The monoisotopic (exact) mass is 426 g/mol. The SMILES string of the molecule is COc1ccccc1NS(=O)(=O)c1cc(NS(=O)(=O)CCC(C)C)ccc1C. The second-order valence-electron chi connectivity index (χ2n) is 6.89. The van der Waals surface area contributed by atoms with Gasteiger partial charge in [-0.15, -0.1) is 0 Å². The number of hydrogen-bond acceptors (Lipinski definition) is 5. The fraction of sp³-hybridized carbons (Fsp3) is 0.368. The Morgan fingerprint density at radius 3 is 2.32 bits per heavy atom. The summed E-state index contributed by atoms with van der Waals surface area (Å²) in [5.74, 6) is 0.602. The Bertz CT molecular complexity index is 1030. The van der Waals surface area contributed by atoms with Gasteiger partial charge in [0.2, 0.25) is 10.0 Å². The largest absolute Gasteiger partial charge is 0.495 e. The van der Waals surface area contributed by atoms with Crippen molar-refractivity contribution in [1.82, 2.24) is 0 Å². The van der Waals surface area contributed by atoms with Gasteiger partial charge in [0.1, 0.15) is 5.75 Å². The highest BCUT2D eigenvalue weighted by Crippen LogP contribution is 2.28. The van der Waals surface area contributed by atoms with Gasteiger partial charge in [0, 0.05) is 5.69 Å². The number of nitrogens with one attached hydrogen (secondary N) is 2. The molecule has 2 aromatic carbocycles. The van der Waals surface area contributed by atoms with Gasteiger partial charge in [-0.1, -0.05) is 32.0 Å². The Labute approximate surface area is 167 Å². The minimum Gasteiger partial charge on any atom is -0.495 e. The normalized spacial score (nSPS) is 12.0. The maximum atomic E-state index is 12.9. The Balaban J connectivity index is 2.31. The molecule has 0 amide bonds. The molecule has 2 rings (SSSR count). The number of anilines is 2. The van der Waals surface area contributed by atoms with Crippen LogP contribution in [0, 0.1) is 12.8 Å². The van der Waals surface area contributed by atoms with Crippen LogP contribution in [0.15, 0.2) is 47.4 Å². The quantitative estimate of drug-likeness (QED) is 0.638. The van der Waals surface area contributed by atoms with Crippen molar-refractivity contribution in [3.63, 3.8) is 0 Å². The molecule has 0 unspecified atom stereocenters. The van der Waals surface area contributed by atoms with Crippen LogP contribution in [0.25, 0.3) is 0 Å². The summed E-state index contributed by atoms with van der Waals surface area (Å²) in [5.41, 5.74) is 0.995. The number of ether oxygens (including phenoxy) is 1. The van der Waals surface area contributed by atoms with Crippen molar-refractivity contribution in [1.29, 1.82) is 0 Å². The highest BCUT2D eigenvalue weighted by Gasteiger charge is 2.20. The molecule has 0 aromatic heterocycles. The molecule has 2 aromatic rings. The highest BCUT2D eigenvalue weighted by atomic mass is 32.2. The highest BCUT2D eigenvalue weighted by molar-refractivity contribution is 7.93. The molecule has 0 fully saturated rings. The van der Waals surface area contributed by atoms with E-state index in [1.165, 1.54) is 13.2 Å². The van der Waals surface area contributed by atoms with Gasteiger partial charge in [0.05, 0.1) is 23.4 Å². The first-order valence-corrected chi connectivity index (χ1v) is 11.9. The molecule has 154 valence electrons. The Hall–Kier alpha value is -2.26. The number of para-hydroxylation sites is 2. The minimum absolute atomic E-state index is 0.0116. The van der Waals surface area contributed by atoms with Crippen LogP contribution in [0.1, 0.15) is 25.8 Å². The lowest BCUT2D eigenvalue weighted by Crippen LogP contribution is -2.19. The number of hydrogen-bond donors (Lipinski definition) is 2. The number of sulfonamides is 2. The molecule has 0 saturated heterocycles. The standard InChI is InChI=1S/C19H26N2O5S2/c1-14(2)11-12-27(22,23)20-16-10-9-15(3)19(13-16)28(24,25)21-17-7-5-6-8-18(17)26-4/h5-10,13-14,20-21H,11-12H2,1-4H3. The summed E-state index contributed by atoms with van der Waals surface area (Å²) >= 11 is 0. The van der Waals surface area contributed by atoms with Crippen molar-refractivity contribution in [2.45, 2.75) is 32.1 Å². The lowest BCUT2D eigenvalue weighted by Gasteiger charge is -2.15. The summed E-state index contributed by atoms with van der Waals surface area (Å²) in [6.07, 6.45) is 0.516. The van der Waals surface area contributed by atoms with Crippen molar-refractivity contribution < 1.29 is 21.6 Å². The van der Waals surface area contributed by atoms with E-state index < -0.39 is 20.0 Å². The van der Waals surface area contributed by atoms with Crippen molar-refractivity contribution in [3.8, 4) is 5.75 Å². The van der Waals surface area contributed by atoms with E-state index in [4.69, 9.17) is 4.74 Å². The summed E-state index contributed by atoms with van der Waals surface area (Å²) in [6, 6.07) is 11.1. The van der Waals surface area contributed by atoms with Crippen LogP contribution < -0.4 is 14.2 Å². The lowest BCUT2D eigenvalue weighted by atomic mass is 10.2. The average Bonchev–Trinajstić information content (AvgIpc) is 2.61. The van der Waals surface area contributed by atoms with E-state index >= 15 is 0 Å². The predicted octanol–water partition coefficient (Wildman–Crippen LogP) is 3.59. The van der Waals surface area contributed by atoms with E-state index in [1.54, 1.807) is 43.3 Å². The smallest absolute Gasteiger partial charge is 0.262 e. The zero-order valence-corrected chi connectivity index (χ0v) is 18.0. The van der Waals surface area contributed by atoms with E-state index in [0.29, 0.717) is 23.4 Å². The van der Waals surface area contributed by atoms with Crippen LogP contribution in [0.5, 0.6) is 5.75 Å². The molecule has 7 nitrogen and oxygen atoms in total. The summed E-state index contributed by atoms with van der Waals surface area (Å²) in [4.78, 5) is -0.0116.